The molecule has 0 amide bonds. The number of hydrogen-bond acceptors (Lipinski definition) is 1. The quantitative estimate of drug-likeness (QED) is 0.593. The summed E-state index contributed by atoms with van der Waals surface area (Å²) in [6.45, 7) is 0. The van der Waals surface area contributed by atoms with Crippen LogP contribution in [0.5, 0.6) is 0 Å². The summed E-state index contributed by atoms with van der Waals surface area (Å²) in [5.74, 6) is -1.46. The van der Waals surface area contributed by atoms with Gasteiger partial charge >= 0.3 is 5.38 Å². The molecule has 0 radical (unpaired) electrons. The van der Waals surface area contributed by atoms with E-state index in [9.17, 15) is 13.6 Å². The highest BCUT2D eigenvalue weighted by atomic mass is 79.9. The van der Waals surface area contributed by atoms with Crippen molar-refractivity contribution in [1.82, 2.24) is 0 Å². The van der Waals surface area contributed by atoms with Crippen molar-refractivity contribution >= 4 is 44.9 Å². The topological polar surface area (TPSA) is 17.1 Å². The summed E-state index contributed by atoms with van der Waals surface area (Å²) in [7, 11) is 0. The van der Waals surface area contributed by atoms with E-state index in [1.807, 2.05) is 0 Å². The molecule has 0 unspecified atom stereocenters. The van der Waals surface area contributed by atoms with Crippen molar-refractivity contribution in [3.05, 3.63) is 33.3 Å². The van der Waals surface area contributed by atoms with Gasteiger partial charge in [0, 0.05) is 10.0 Å². The molecule has 0 aromatic heterocycles. The van der Waals surface area contributed by atoms with Crippen molar-refractivity contribution in [2.24, 2.45) is 0 Å². The van der Waals surface area contributed by atoms with Gasteiger partial charge in [-0.3, -0.25) is 4.79 Å². The highest BCUT2D eigenvalue weighted by molar-refractivity contribution is 9.10. The van der Waals surface area contributed by atoms with Gasteiger partial charge in [0.05, 0.1) is 5.02 Å². The van der Waals surface area contributed by atoms with Crippen LogP contribution in [0.2, 0.25) is 5.02 Å². The van der Waals surface area contributed by atoms with Gasteiger partial charge in [0.2, 0.25) is 5.78 Å². The van der Waals surface area contributed by atoms with E-state index in [0.29, 0.717) is 4.47 Å². The zero-order chi connectivity index (χ0) is 10.9. The molecule has 0 heterocycles. The Kier molecular flexibility index (Phi) is 3.50. The lowest BCUT2D eigenvalue weighted by Gasteiger charge is -2.06. The predicted octanol–water partition coefficient (Wildman–Crippen LogP) is 4.12. The van der Waals surface area contributed by atoms with E-state index in [0.717, 1.165) is 6.07 Å². The van der Waals surface area contributed by atoms with Gasteiger partial charge in [-0.2, -0.15) is 8.78 Å². The average molecular weight is 304 g/mol. The van der Waals surface area contributed by atoms with Crippen LogP contribution in [0.3, 0.4) is 0 Å². The van der Waals surface area contributed by atoms with Gasteiger partial charge in [0.25, 0.3) is 0 Å². The molecular formula is C8H3BrCl2F2O. The van der Waals surface area contributed by atoms with E-state index in [1.165, 1.54) is 12.1 Å². The maximum atomic E-state index is 12.4. The Morgan fingerprint density at radius 3 is 2.43 bits per heavy atom. The number of hydrogen-bond donors (Lipinski definition) is 0. The summed E-state index contributed by atoms with van der Waals surface area (Å²) in [6, 6.07) is 3.75. The fraction of sp³-hybridized carbons (Fsp3) is 0.125. The number of alkyl halides is 3. The maximum absolute atomic E-state index is 12.4. The van der Waals surface area contributed by atoms with Gasteiger partial charge in [0.15, 0.2) is 0 Å². The summed E-state index contributed by atoms with van der Waals surface area (Å²) < 4.78 is 25.3. The SMILES string of the molecule is O=C(c1ccc(Br)c(Cl)c1)C(F)(F)Cl. The first-order valence-corrected chi connectivity index (χ1v) is 4.94. The largest absolute Gasteiger partial charge is 0.384 e. The summed E-state index contributed by atoms with van der Waals surface area (Å²) >= 11 is 13.3. The molecule has 14 heavy (non-hydrogen) atoms. The standard InChI is InChI=1S/C8H3BrCl2F2O/c9-5-2-1-4(3-6(5)10)7(14)8(11,12)13/h1-3H. The Balaban J connectivity index is 3.10. The number of halogens is 5. The molecule has 76 valence electrons. The lowest BCUT2D eigenvalue weighted by molar-refractivity contribution is 0.0536. The van der Waals surface area contributed by atoms with Crippen LogP contribution in [-0.2, 0) is 0 Å². The molecular weight excluding hydrogens is 301 g/mol. The maximum Gasteiger partial charge on any atom is 0.384 e. The predicted molar refractivity (Wildman–Crippen MR) is 54.3 cm³/mol. The second-order valence-electron chi connectivity index (χ2n) is 2.46. The van der Waals surface area contributed by atoms with Gasteiger partial charge in [-0.25, -0.2) is 0 Å². The van der Waals surface area contributed by atoms with Crippen molar-refractivity contribution in [2.45, 2.75) is 5.38 Å². The third-order valence-electron chi connectivity index (χ3n) is 1.44. The second-order valence-corrected chi connectivity index (χ2v) is 4.19. The van der Waals surface area contributed by atoms with E-state index in [4.69, 9.17) is 11.6 Å². The summed E-state index contributed by atoms with van der Waals surface area (Å²) in [6.07, 6.45) is 0. The molecule has 0 aliphatic carbocycles. The number of ketones is 1. The molecule has 1 rings (SSSR count). The first kappa shape index (κ1) is 11.9. The number of rotatable bonds is 2. The number of Topliss-reactive ketones (excluding diaryl/α,β-unsaturated/α-hetero) is 1. The van der Waals surface area contributed by atoms with Crippen molar-refractivity contribution in [1.29, 1.82) is 0 Å². The van der Waals surface area contributed by atoms with E-state index >= 15 is 0 Å². The van der Waals surface area contributed by atoms with Crippen molar-refractivity contribution < 1.29 is 13.6 Å². The first-order valence-electron chi connectivity index (χ1n) is 3.39. The molecule has 0 fully saturated rings. The normalized spacial score (nSPS) is 11.5. The van der Waals surface area contributed by atoms with E-state index in [2.05, 4.69) is 27.5 Å². The third-order valence-corrected chi connectivity index (χ3v) is 2.84. The number of carbonyl (C=O) groups excluding carboxylic acids is 1. The van der Waals surface area contributed by atoms with Crippen LogP contribution >= 0.6 is 39.1 Å². The highest BCUT2D eigenvalue weighted by Gasteiger charge is 2.36. The van der Waals surface area contributed by atoms with E-state index < -0.39 is 11.2 Å². The fourth-order valence-electron chi connectivity index (χ4n) is 0.801. The molecule has 0 atom stereocenters. The molecule has 6 heteroatoms. The van der Waals surface area contributed by atoms with Gasteiger partial charge in [-0.1, -0.05) is 11.6 Å². The lowest BCUT2D eigenvalue weighted by atomic mass is 10.1. The van der Waals surface area contributed by atoms with Crippen LogP contribution in [0.15, 0.2) is 22.7 Å². The van der Waals surface area contributed by atoms with Gasteiger partial charge in [-0.15, -0.1) is 0 Å². The van der Waals surface area contributed by atoms with Crippen LogP contribution in [0.25, 0.3) is 0 Å². The highest BCUT2D eigenvalue weighted by Crippen LogP contribution is 2.28. The van der Waals surface area contributed by atoms with Crippen molar-refractivity contribution in [3.63, 3.8) is 0 Å². The number of carbonyl (C=O) groups is 1. The lowest BCUT2D eigenvalue weighted by Crippen LogP contribution is -2.21. The average Bonchev–Trinajstić information content (AvgIpc) is 2.07. The van der Waals surface area contributed by atoms with Gasteiger partial charge in [-0.05, 0) is 45.7 Å². The van der Waals surface area contributed by atoms with Crippen LogP contribution < -0.4 is 0 Å². The zero-order valence-corrected chi connectivity index (χ0v) is 9.63. The molecule has 0 N–H and O–H groups in total. The molecule has 0 saturated heterocycles. The van der Waals surface area contributed by atoms with Crippen LogP contribution in [-0.4, -0.2) is 11.2 Å². The summed E-state index contributed by atoms with van der Waals surface area (Å²) in [5, 5.41) is -3.71. The molecule has 0 aliphatic heterocycles. The summed E-state index contributed by atoms with van der Waals surface area (Å²) in [4.78, 5) is 11.0. The number of benzene rings is 1. The smallest absolute Gasteiger partial charge is 0.286 e. The van der Waals surface area contributed by atoms with E-state index in [1.54, 1.807) is 0 Å². The Hall–Kier alpha value is -0.190. The van der Waals surface area contributed by atoms with Crippen molar-refractivity contribution in [2.75, 3.05) is 0 Å². The van der Waals surface area contributed by atoms with Gasteiger partial charge < -0.3 is 0 Å². The minimum Gasteiger partial charge on any atom is -0.286 e. The molecule has 1 aromatic rings. The zero-order valence-electron chi connectivity index (χ0n) is 6.53. The first-order chi connectivity index (χ1) is 6.32. The molecule has 0 spiro atoms. The molecule has 0 bridgehead atoms. The van der Waals surface area contributed by atoms with Gasteiger partial charge in [0.1, 0.15) is 0 Å². The summed E-state index contributed by atoms with van der Waals surface area (Å²) in [5.41, 5.74) is -0.224. The van der Waals surface area contributed by atoms with Crippen LogP contribution in [0, 0.1) is 0 Å². The Bertz CT molecular complexity index is 376. The Morgan fingerprint density at radius 2 is 2.00 bits per heavy atom. The Labute approximate surface area is 97.1 Å². The third kappa shape index (κ3) is 2.65. The minimum absolute atomic E-state index is 0.178. The fourth-order valence-corrected chi connectivity index (χ4v) is 1.34. The van der Waals surface area contributed by atoms with Crippen molar-refractivity contribution in [3.8, 4) is 0 Å². The van der Waals surface area contributed by atoms with Crippen LogP contribution in [0.4, 0.5) is 8.78 Å². The second kappa shape index (κ2) is 4.13. The molecule has 0 aliphatic rings. The molecule has 1 aromatic carbocycles. The van der Waals surface area contributed by atoms with E-state index in [-0.39, 0.29) is 10.6 Å². The Morgan fingerprint density at radius 1 is 1.43 bits per heavy atom. The molecule has 1 nitrogen and oxygen atoms in total. The minimum atomic E-state index is -3.89. The van der Waals surface area contributed by atoms with Crippen LogP contribution in [0.1, 0.15) is 10.4 Å². The monoisotopic (exact) mass is 302 g/mol. The molecule has 0 saturated carbocycles.